The summed E-state index contributed by atoms with van der Waals surface area (Å²) in [5, 5.41) is 2.66. The maximum atomic E-state index is 12.3. The number of likely N-dealkylation sites (tertiary alicyclic amines) is 1. The number of hydrogen-bond acceptors (Lipinski definition) is 4. The monoisotopic (exact) mass is 397 g/mol. The fourth-order valence-electron chi connectivity index (χ4n) is 3.18. The van der Waals surface area contributed by atoms with Crippen LogP contribution in [0.5, 0.6) is 5.75 Å². The number of methoxy groups -OCH3 is 1. The minimum Gasteiger partial charge on any atom is -0.497 e. The molecule has 2 rings (SSSR count). The Morgan fingerprint density at radius 1 is 1.22 bits per heavy atom. The van der Waals surface area contributed by atoms with Crippen LogP contribution in [-0.2, 0) is 16.0 Å². The average molecular weight is 398 g/mol. The van der Waals surface area contributed by atoms with E-state index in [2.05, 4.69) is 17.4 Å². The Morgan fingerprint density at radius 2 is 1.81 bits per heavy atom. The number of nitrogens with one attached hydrogen (secondary N) is 1. The van der Waals surface area contributed by atoms with Crippen LogP contribution in [0.1, 0.15) is 32.3 Å². The topological polar surface area (TPSA) is 84.7 Å². The van der Waals surface area contributed by atoms with Crippen LogP contribution in [-0.4, -0.2) is 49.5 Å². The fourth-order valence-corrected chi connectivity index (χ4v) is 3.18. The van der Waals surface area contributed by atoms with Gasteiger partial charge in [-0.1, -0.05) is 26.0 Å². The van der Waals surface area contributed by atoms with E-state index in [1.165, 1.54) is 5.56 Å². The Hall–Kier alpha value is -1.79. The number of piperidine rings is 1. The maximum Gasteiger partial charge on any atom is 0.241 e. The molecule has 1 aliphatic rings. The highest BCUT2D eigenvalue weighted by atomic mass is 35.5. The summed E-state index contributed by atoms with van der Waals surface area (Å²) in [7, 11) is 1.67. The van der Waals surface area contributed by atoms with Crippen LogP contribution in [0.15, 0.2) is 24.3 Å². The van der Waals surface area contributed by atoms with Gasteiger partial charge >= 0.3 is 0 Å². The first-order chi connectivity index (χ1) is 12.4. The van der Waals surface area contributed by atoms with E-state index in [4.69, 9.17) is 10.5 Å². The van der Waals surface area contributed by atoms with Crippen molar-refractivity contribution in [1.82, 2.24) is 10.2 Å². The first-order valence-corrected chi connectivity index (χ1v) is 9.34. The van der Waals surface area contributed by atoms with Gasteiger partial charge in [0.25, 0.3) is 0 Å². The van der Waals surface area contributed by atoms with Crippen molar-refractivity contribution >= 4 is 24.2 Å². The predicted octanol–water partition coefficient (Wildman–Crippen LogP) is 2.00. The molecule has 0 unspecified atom stereocenters. The van der Waals surface area contributed by atoms with Gasteiger partial charge in [0.05, 0.1) is 19.7 Å². The Bertz CT molecular complexity index is 599. The lowest BCUT2D eigenvalue weighted by Gasteiger charge is -2.32. The number of amides is 2. The van der Waals surface area contributed by atoms with Gasteiger partial charge in [-0.3, -0.25) is 9.59 Å². The van der Waals surface area contributed by atoms with E-state index in [1.807, 2.05) is 30.9 Å². The summed E-state index contributed by atoms with van der Waals surface area (Å²) in [6, 6.07) is 7.60. The van der Waals surface area contributed by atoms with Crippen LogP contribution in [0.4, 0.5) is 0 Å². The van der Waals surface area contributed by atoms with Gasteiger partial charge in [-0.15, -0.1) is 12.4 Å². The van der Waals surface area contributed by atoms with Gasteiger partial charge in [-0.25, -0.2) is 0 Å². The van der Waals surface area contributed by atoms with Gasteiger partial charge in [0, 0.05) is 13.1 Å². The van der Waals surface area contributed by atoms with E-state index >= 15 is 0 Å². The quantitative estimate of drug-likeness (QED) is 0.736. The number of nitrogens with two attached hydrogens (primary N) is 1. The molecule has 0 aromatic heterocycles. The van der Waals surface area contributed by atoms with Gasteiger partial charge in [-0.05, 0) is 48.8 Å². The van der Waals surface area contributed by atoms with Crippen molar-refractivity contribution in [3.63, 3.8) is 0 Å². The number of benzene rings is 1. The summed E-state index contributed by atoms with van der Waals surface area (Å²) in [4.78, 5) is 26.0. The lowest BCUT2D eigenvalue weighted by molar-refractivity contribution is -0.134. The number of nitrogens with zero attached hydrogens (tertiary/aromatic N) is 1. The number of hydrogen-bond donors (Lipinski definition) is 2. The van der Waals surface area contributed by atoms with Crippen LogP contribution in [0.25, 0.3) is 0 Å². The molecule has 1 aliphatic heterocycles. The minimum absolute atomic E-state index is 0. The zero-order chi connectivity index (χ0) is 19.1. The van der Waals surface area contributed by atoms with Crippen molar-refractivity contribution in [2.75, 3.05) is 26.7 Å². The van der Waals surface area contributed by atoms with Crippen LogP contribution in [0.2, 0.25) is 0 Å². The Kier molecular flexibility index (Phi) is 9.60. The third kappa shape index (κ3) is 7.03. The largest absolute Gasteiger partial charge is 0.497 e. The molecule has 6 nitrogen and oxygen atoms in total. The van der Waals surface area contributed by atoms with E-state index < -0.39 is 6.04 Å². The number of halogens is 1. The first-order valence-electron chi connectivity index (χ1n) is 9.34. The Morgan fingerprint density at radius 3 is 2.33 bits per heavy atom. The minimum atomic E-state index is -0.571. The molecular weight excluding hydrogens is 366 g/mol. The molecule has 1 aromatic carbocycles. The molecule has 1 aromatic rings. The van der Waals surface area contributed by atoms with Crippen LogP contribution in [0.3, 0.4) is 0 Å². The van der Waals surface area contributed by atoms with Gasteiger partial charge in [0.1, 0.15) is 5.75 Å². The molecule has 0 aliphatic carbocycles. The molecule has 0 spiro atoms. The third-order valence-electron chi connectivity index (χ3n) is 5.09. The Labute approximate surface area is 168 Å². The second kappa shape index (κ2) is 11.1. The molecule has 152 valence electrons. The molecule has 2 amide bonds. The zero-order valence-electron chi connectivity index (χ0n) is 16.4. The third-order valence-corrected chi connectivity index (χ3v) is 5.09. The molecule has 0 bridgehead atoms. The summed E-state index contributed by atoms with van der Waals surface area (Å²) in [6.45, 7) is 5.29. The van der Waals surface area contributed by atoms with Crippen molar-refractivity contribution in [2.24, 2.45) is 17.6 Å². The van der Waals surface area contributed by atoms with E-state index in [-0.39, 0.29) is 36.7 Å². The van der Waals surface area contributed by atoms with Gasteiger partial charge in [0.2, 0.25) is 11.8 Å². The molecule has 27 heavy (non-hydrogen) atoms. The molecular formula is C20H32ClN3O3. The molecule has 1 saturated heterocycles. The van der Waals surface area contributed by atoms with Crippen molar-refractivity contribution in [2.45, 2.75) is 39.2 Å². The highest BCUT2D eigenvalue weighted by Crippen LogP contribution is 2.23. The zero-order valence-corrected chi connectivity index (χ0v) is 17.3. The summed E-state index contributed by atoms with van der Waals surface area (Å²) in [5.41, 5.74) is 7.09. The second-order valence-electron chi connectivity index (χ2n) is 7.36. The molecule has 0 saturated carbocycles. The predicted molar refractivity (Wildman–Crippen MR) is 109 cm³/mol. The number of carbonyl (C=O) groups excluding carboxylic acids is 2. The van der Waals surface area contributed by atoms with E-state index in [0.29, 0.717) is 5.92 Å². The first kappa shape index (κ1) is 23.2. The average Bonchev–Trinajstić information content (AvgIpc) is 2.66. The highest BCUT2D eigenvalue weighted by molar-refractivity contribution is 5.87. The molecule has 1 heterocycles. The van der Waals surface area contributed by atoms with E-state index in [1.54, 1.807) is 7.11 Å². The SMILES string of the molecule is COc1ccc(CC2CCN(C(=O)CNC(=O)[C@@H](N)C(C)C)CC2)cc1.Cl. The van der Waals surface area contributed by atoms with Crippen LogP contribution >= 0.6 is 12.4 Å². The van der Waals surface area contributed by atoms with Gasteiger partial charge in [-0.2, -0.15) is 0 Å². The highest BCUT2D eigenvalue weighted by Gasteiger charge is 2.24. The molecule has 1 fully saturated rings. The molecule has 7 heteroatoms. The second-order valence-corrected chi connectivity index (χ2v) is 7.36. The smallest absolute Gasteiger partial charge is 0.241 e. The van der Waals surface area contributed by atoms with E-state index in [0.717, 1.165) is 38.1 Å². The van der Waals surface area contributed by atoms with Gasteiger partial charge < -0.3 is 20.7 Å². The lowest BCUT2D eigenvalue weighted by atomic mass is 9.90. The summed E-state index contributed by atoms with van der Waals surface area (Å²) in [6.07, 6.45) is 2.99. The van der Waals surface area contributed by atoms with Crippen molar-refractivity contribution in [1.29, 1.82) is 0 Å². The number of ether oxygens (including phenoxy) is 1. The standard InChI is InChI=1S/C20H31N3O3.ClH/c1-14(2)19(21)20(25)22-13-18(24)23-10-8-16(9-11-23)12-15-4-6-17(26-3)7-5-15;/h4-7,14,16,19H,8-13,21H2,1-3H3,(H,22,25);1H/t19-;/m0./s1. The van der Waals surface area contributed by atoms with E-state index in [9.17, 15) is 9.59 Å². The van der Waals surface area contributed by atoms with Gasteiger partial charge in [0.15, 0.2) is 0 Å². The lowest BCUT2D eigenvalue weighted by Crippen LogP contribution is -2.49. The fraction of sp³-hybridized carbons (Fsp3) is 0.600. The number of rotatable bonds is 7. The summed E-state index contributed by atoms with van der Waals surface area (Å²) in [5.74, 6) is 1.21. The molecule has 3 N–H and O–H groups in total. The van der Waals surface area contributed by atoms with Crippen molar-refractivity contribution in [3.8, 4) is 5.75 Å². The normalized spacial score (nSPS) is 15.8. The maximum absolute atomic E-state index is 12.3. The van der Waals surface area contributed by atoms with Crippen LogP contribution < -0.4 is 15.8 Å². The summed E-state index contributed by atoms with van der Waals surface area (Å²) >= 11 is 0. The summed E-state index contributed by atoms with van der Waals surface area (Å²) < 4.78 is 5.19. The van der Waals surface area contributed by atoms with Crippen LogP contribution in [0, 0.1) is 11.8 Å². The van der Waals surface area contributed by atoms with Crippen molar-refractivity contribution < 1.29 is 14.3 Å². The molecule has 0 radical (unpaired) electrons. The van der Waals surface area contributed by atoms with Crippen molar-refractivity contribution in [3.05, 3.63) is 29.8 Å². The number of carbonyl (C=O) groups is 2. The Balaban J connectivity index is 0.00000364. The molecule has 1 atom stereocenters.